The zero-order valence-electron chi connectivity index (χ0n) is 16.5. The van der Waals surface area contributed by atoms with E-state index in [0.29, 0.717) is 5.02 Å². The minimum atomic E-state index is -0.751. The molecule has 30 heavy (non-hydrogen) atoms. The molecule has 0 spiro atoms. The molecule has 0 aliphatic carbocycles. The van der Waals surface area contributed by atoms with Gasteiger partial charge in [0.05, 0.1) is 23.6 Å². The highest BCUT2D eigenvalue weighted by Gasteiger charge is 2.26. The Morgan fingerprint density at radius 3 is 2.50 bits per heavy atom. The number of benzene rings is 2. The van der Waals surface area contributed by atoms with Gasteiger partial charge in [-0.15, -0.1) is 0 Å². The van der Waals surface area contributed by atoms with Gasteiger partial charge in [0.15, 0.2) is 0 Å². The SMILES string of the molecule is COC(=O)c1cc(C(=O)NCC(c2ccccc2Cl)N2CCCC2)cc([N+](=O)[O-])c1. The quantitative estimate of drug-likeness (QED) is 0.408. The third-order valence-electron chi connectivity index (χ3n) is 5.11. The number of nitrogens with one attached hydrogen (secondary N) is 1. The summed E-state index contributed by atoms with van der Waals surface area (Å²) in [5, 5.41) is 14.7. The molecule has 9 heteroatoms. The van der Waals surface area contributed by atoms with Crippen LogP contribution in [0, 0.1) is 10.1 Å². The Morgan fingerprint density at radius 1 is 1.20 bits per heavy atom. The largest absolute Gasteiger partial charge is 0.465 e. The maximum atomic E-state index is 12.8. The van der Waals surface area contributed by atoms with Gasteiger partial charge in [-0.2, -0.15) is 0 Å². The molecule has 8 nitrogen and oxygen atoms in total. The van der Waals surface area contributed by atoms with Crippen LogP contribution in [0.2, 0.25) is 5.02 Å². The monoisotopic (exact) mass is 431 g/mol. The number of carbonyl (C=O) groups excluding carboxylic acids is 2. The van der Waals surface area contributed by atoms with Crippen molar-refractivity contribution >= 4 is 29.2 Å². The number of amides is 1. The van der Waals surface area contributed by atoms with Crippen molar-refractivity contribution in [1.82, 2.24) is 10.2 Å². The van der Waals surface area contributed by atoms with Gasteiger partial charge in [0.2, 0.25) is 0 Å². The maximum absolute atomic E-state index is 12.8. The number of nitro groups is 1. The van der Waals surface area contributed by atoms with Crippen LogP contribution in [-0.4, -0.2) is 48.4 Å². The van der Waals surface area contributed by atoms with Crippen LogP contribution in [0.5, 0.6) is 0 Å². The van der Waals surface area contributed by atoms with E-state index in [2.05, 4.69) is 15.0 Å². The molecule has 1 aliphatic rings. The second-order valence-corrected chi connectivity index (χ2v) is 7.41. The first-order chi connectivity index (χ1) is 14.4. The highest BCUT2D eigenvalue weighted by atomic mass is 35.5. The second kappa shape index (κ2) is 9.69. The van der Waals surface area contributed by atoms with Gasteiger partial charge in [0, 0.05) is 29.3 Å². The number of esters is 1. The number of methoxy groups -OCH3 is 1. The Hall–Kier alpha value is -2.97. The van der Waals surface area contributed by atoms with Crippen molar-refractivity contribution in [3.8, 4) is 0 Å². The van der Waals surface area contributed by atoms with E-state index in [9.17, 15) is 19.7 Å². The molecule has 1 fully saturated rings. The van der Waals surface area contributed by atoms with E-state index in [1.807, 2.05) is 24.3 Å². The lowest BCUT2D eigenvalue weighted by molar-refractivity contribution is -0.384. The maximum Gasteiger partial charge on any atom is 0.338 e. The van der Waals surface area contributed by atoms with Crippen molar-refractivity contribution in [3.63, 3.8) is 0 Å². The van der Waals surface area contributed by atoms with Gasteiger partial charge in [-0.3, -0.25) is 19.8 Å². The Kier molecular flexibility index (Phi) is 7.02. The van der Waals surface area contributed by atoms with Gasteiger partial charge < -0.3 is 10.1 Å². The van der Waals surface area contributed by atoms with Gasteiger partial charge >= 0.3 is 5.97 Å². The summed E-state index contributed by atoms with van der Waals surface area (Å²) in [5.41, 5.74) is 0.517. The molecule has 0 saturated carbocycles. The van der Waals surface area contributed by atoms with Crippen LogP contribution >= 0.6 is 11.6 Å². The molecule has 0 bridgehead atoms. The number of ether oxygens (including phenoxy) is 1. The molecule has 2 aromatic carbocycles. The number of hydrogen-bond acceptors (Lipinski definition) is 6. The van der Waals surface area contributed by atoms with E-state index in [-0.39, 0.29) is 29.4 Å². The Labute approximate surface area is 178 Å². The second-order valence-electron chi connectivity index (χ2n) is 7.01. The van der Waals surface area contributed by atoms with E-state index in [0.717, 1.165) is 43.6 Å². The van der Waals surface area contributed by atoms with Gasteiger partial charge in [-0.1, -0.05) is 29.8 Å². The predicted molar refractivity (Wildman–Crippen MR) is 112 cm³/mol. The Bertz CT molecular complexity index is 959. The summed E-state index contributed by atoms with van der Waals surface area (Å²) < 4.78 is 4.63. The number of carbonyl (C=O) groups is 2. The van der Waals surface area contributed by atoms with Gasteiger partial charge in [0.25, 0.3) is 11.6 Å². The lowest BCUT2D eigenvalue weighted by Gasteiger charge is -2.29. The molecule has 1 amide bonds. The molecule has 1 unspecified atom stereocenters. The third kappa shape index (κ3) is 4.95. The number of nitro benzene ring substituents is 1. The standard InChI is InChI=1S/C21H22ClN3O5/c1-30-21(27)15-10-14(11-16(12-15)25(28)29)20(26)23-13-19(24-8-4-5-9-24)17-6-2-3-7-18(17)22/h2-3,6-7,10-12,19H,4-5,8-9,13H2,1H3,(H,23,26). The third-order valence-corrected chi connectivity index (χ3v) is 5.46. The van der Waals surface area contributed by atoms with Crippen LogP contribution in [0.4, 0.5) is 5.69 Å². The smallest absolute Gasteiger partial charge is 0.338 e. The predicted octanol–water partition coefficient (Wildman–Crippen LogP) is 3.60. The minimum Gasteiger partial charge on any atom is -0.465 e. The van der Waals surface area contributed by atoms with Crippen LogP contribution in [0.3, 0.4) is 0 Å². The Balaban J connectivity index is 1.83. The summed E-state index contributed by atoms with van der Waals surface area (Å²) in [5.74, 6) is -1.26. The molecular formula is C21H22ClN3O5. The van der Waals surface area contributed by atoms with Gasteiger partial charge in [-0.25, -0.2) is 4.79 Å². The lowest BCUT2D eigenvalue weighted by atomic mass is 10.0. The van der Waals surface area contributed by atoms with Crippen molar-refractivity contribution in [1.29, 1.82) is 0 Å². The number of likely N-dealkylation sites (tertiary alicyclic amines) is 1. The summed E-state index contributed by atoms with van der Waals surface area (Å²) in [7, 11) is 1.17. The topological polar surface area (TPSA) is 102 Å². The molecule has 1 atom stereocenters. The van der Waals surface area contributed by atoms with Crippen molar-refractivity contribution in [2.24, 2.45) is 0 Å². The summed E-state index contributed by atoms with van der Waals surface area (Å²) in [4.78, 5) is 37.4. The van der Waals surface area contributed by atoms with Crippen LogP contribution in [-0.2, 0) is 4.74 Å². The van der Waals surface area contributed by atoms with Crippen molar-refractivity contribution in [2.45, 2.75) is 18.9 Å². The number of halogens is 1. The zero-order chi connectivity index (χ0) is 21.7. The van der Waals surface area contributed by atoms with Crippen molar-refractivity contribution < 1.29 is 19.2 Å². The van der Waals surface area contributed by atoms with E-state index in [1.165, 1.54) is 13.2 Å². The first-order valence-electron chi connectivity index (χ1n) is 9.55. The fourth-order valence-corrected chi connectivity index (χ4v) is 3.87. The van der Waals surface area contributed by atoms with E-state index in [4.69, 9.17) is 11.6 Å². The molecular weight excluding hydrogens is 410 g/mol. The van der Waals surface area contributed by atoms with Crippen molar-refractivity contribution in [3.05, 3.63) is 74.3 Å². The van der Waals surface area contributed by atoms with Crippen LogP contribution in [0.1, 0.15) is 45.2 Å². The normalized spacial score (nSPS) is 14.9. The van der Waals surface area contributed by atoms with Gasteiger partial charge in [0.1, 0.15) is 0 Å². The fraction of sp³-hybridized carbons (Fsp3) is 0.333. The van der Waals surface area contributed by atoms with E-state index in [1.54, 1.807) is 0 Å². The molecule has 0 radical (unpaired) electrons. The number of rotatable bonds is 7. The highest BCUT2D eigenvalue weighted by molar-refractivity contribution is 6.31. The number of non-ortho nitro benzene ring substituents is 1. The number of nitrogens with zero attached hydrogens (tertiary/aromatic N) is 2. The molecule has 1 aliphatic heterocycles. The zero-order valence-corrected chi connectivity index (χ0v) is 17.2. The first kappa shape index (κ1) is 21.7. The molecule has 0 aromatic heterocycles. The average molecular weight is 432 g/mol. The first-order valence-corrected chi connectivity index (χ1v) is 9.93. The Morgan fingerprint density at radius 2 is 1.87 bits per heavy atom. The summed E-state index contributed by atoms with van der Waals surface area (Å²) in [6, 6.07) is 10.9. The van der Waals surface area contributed by atoms with Crippen molar-refractivity contribution in [2.75, 3.05) is 26.7 Å². The fourth-order valence-electron chi connectivity index (χ4n) is 3.61. The number of hydrogen-bond donors (Lipinski definition) is 1. The van der Waals surface area contributed by atoms with Crippen LogP contribution < -0.4 is 5.32 Å². The minimum absolute atomic E-state index is 0.0175. The molecule has 158 valence electrons. The molecule has 1 N–H and O–H groups in total. The van der Waals surface area contributed by atoms with Crippen LogP contribution in [0.25, 0.3) is 0 Å². The molecule has 2 aromatic rings. The summed E-state index contributed by atoms with van der Waals surface area (Å²) in [6.07, 6.45) is 2.14. The van der Waals surface area contributed by atoms with Crippen LogP contribution in [0.15, 0.2) is 42.5 Å². The van der Waals surface area contributed by atoms with E-state index < -0.39 is 16.8 Å². The highest BCUT2D eigenvalue weighted by Crippen LogP contribution is 2.30. The average Bonchev–Trinajstić information content (AvgIpc) is 3.28. The lowest BCUT2D eigenvalue weighted by Crippen LogP contribution is -2.37. The van der Waals surface area contributed by atoms with Gasteiger partial charge in [-0.05, 0) is 43.6 Å². The summed E-state index contributed by atoms with van der Waals surface area (Å²) >= 11 is 6.39. The molecule has 1 heterocycles. The summed E-state index contributed by atoms with van der Waals surface area (Å²) in [6.45, 7) is 2.07. The molecule has 1 saturated heterocycles. The van der Waals surface area contributed by atoms with E-state index >= 15 is 0 Å². The molecule has 3 rings (SSSR count).